The third kappa shape index (κ3) is 4.27. The minimum Gasteiger partial charge on any atom is -0.496 e. The molecule has 22 heavy (non-hydrogen) atoms. The Morgan fingerprint density at radius 2 is 1.64 bits per heavy atom. The van der Waals surface area contributed by atoms with Crippen LogP contribution < -0.4 is 19.5 Å². The molecule has 1 heterocycles. The quantitative estimate of drug-likeness (QED) is 0.836. The molecule has 0 aromatic heterocycles. The largest absolute Gasteiger partial charge is 0.496 e. The van der Waals surface area contributed by atoms with Crippen molar-refractivity contribution >= 4 is 0 Å². The molecule has 1 aliphatic heterocycles. The predicted molar refractivity (Wildman–Crippen MR) is 88.0 cm³/mol. The van der Waals surface area contributed by atoms with Crippen molar-refractivity contribution in [3.63, 3.8) is 0 Å². The van der Waals surface area contributed by atoms with Gasteiger partial charge in [0.25, 0.3) is 0 Å². The number of rotatable bonds is 7. The van der Waals surface area contributed by atoms with Gasteiger partial charge in [0, 0.05) is 18.7 Å². The van der Waals surface area contributed by atoms with Crippen LogP contribution in [0.25, 0.3) is 0 Å². The van der Waals surface area contributed by atoms with Crippen molar-refractivity contribution in [3.8, 4) is 17.2 Å². The second kappa shape index (κ2) is 8.25. The van der Waals surface area contributed by atoms with Crippen LogP contribution in [0.2, 0.25) is 0 Å². The summed E-state index contributed by atoms with van der Waals surface area (Å²) in [6, 6.07) is 3.80. The fourth-order valence-corrected chi connectivity index (χ4v) is 2.92. The topological polar surface area (TPSA) is 43.0 Å². The van der Waals surface area contributed by atoms with E-state index in [0.29, 0.717) is 0 Å². The molecular formula is C17H28N2O3. The molecule has 1 saturated heterocycles. The lowest BCUT2D eigenvalue weighted by atomic mass is 9.97. The third-order valence-corrected chi connectivity index (χ3v) is 4.39. The van der Waals surface area contributed by atoms with E-state index in [4.69, 9.17) is 14.2 Å². The zero-order valence-corrected chi connectivity index (χ0v) is 14.1. The van der Waals surface area contributed by atoms with Crippen LogP contribution in [0.15, 0.2) is 12.1 Å². The number of benzene rings is 1. The number of hydrogen-bond donors (Lipinski definition) is 1. The molecule has 1 aromatic rings. The molecule has 124 valence electrons. The number of methoxy groups -OCH3 is 3. The van der Waals surface area contributed by atoms with Crippen molar-refractivity contribution in [2.24, 2.45) is 5.92 Å². The number of ether oxygens (including phenoxy) is 3. The molecule has 0 spiro atoms. The maximum atomic E-state index is 5.48. The lowest BCUT2D eigenvalue weighted by Crippen LogP contribution is -2.34. The monoisotopic (exact) mass is 308 g/mol. The van der Waals surface area contributed by atoms with Crippen LogP contribution in [0.4, 0.5) is 0 Å². The summed E-state index contributed by atoms with van der Waals surface area (Å²) in [6.45, 7) is 4.16. The molecule has 5 nitrogen and oxygen atoms in total. The summed E-state index contributed by atoms with van der Waals surface area (Å²) < 4.78 is 16.2. The Morgan fingerprint density at radius 1 is 1.05 bits per heavy atom. The Bertz CT molecular complexity index is 446. The number of likely N-dealkylation sites (tertiary alicyclic amines) is 1. The summed E-state index contributed by atoms with van der Waals surface area (Å²) in [6.07, 6.45) is 2.53. The molecular weight excluding hydrogens is 280 g/mol. The first-order valence-corrected chi connectivity index (χ1v) is 7.86. The molecule has 0 unspecified atom stereocenters. The Morgan fingerprint density at radius 3 is 2.14 bits per heavy atom. The van der Waals surface area contributed by atoms with Crippen LogP contribution >= 0.6 is 0 Å². The molecule has 1 aliphatic rings. The Balaban J connectivity index is 1.96. The molecule has 1 N–H and O–H groups in total. The van der Waals surface area contributed by atoms with Crippen molar-refractivity contribution < 1.29 is 14.2 Å². The maximum absolute atomic E-state index is 5.48. The van der Waals surface area contributed by atoms with E-state index in [1.165, 1.54) is 25.9 Å². The fourth-order valence-electron chi connectivity index (χ4n) is 2.92. The lowest BCUT2D eigenvalue weighted by molar-refractivity contribution is 0.215. The molecule has 0 radical (unpaired) electrons. The van der Waals surface area contributed by atoms with Gasteiger partial charge in [0.1, 0.15) is 17.2 Å². The minimum atomic E-state index is 0.739. The van der Waals surface area contributed by atoms with Crippen LogP contribution in [0.5, 0.6) is 17.2 Å². The molecule has 0 saturated carbocycles. The number of piperidine rings is 1. The Kier molecular flexibility index (Phi) is 6.34. The molecule has 0 atom stereocenters. The third-order valence-electron chi connectivity index (χ3n) is 4.39. The summed E-state index contributed by atoms with van der Waals surface area (Å²) >= 11 is 0. The van der Waals surface area contributed by atoms with Crippen LogP contribution in [0, 0.1) is 5.92 Å². The normalized spacial score (nSPS) is 16.5. The first-order chi connectivity index (χ1) is 10.7. The molecule has 2 rings (SSSR count). The standard InChI is InChI=1S/C17H28N2O3/c1-19-7-5-13(6-8-19)11-18-12-15-16(21-3)9-14(20-2)10-17(15)22-4/h9-10,13,18H,5-8,11-12H2,1-4H3. The highest BCUT2D eigenvalue weighted by Gasteiger charge is 2.17. The summed E-state index contributed by atoms with van der Waals surface area (Å²) in [4.78, 5) is 2.39. The van der Waals surface area contributed by atoms with Gasteiger partial charge in [-0.1, -0.05) is 0 Å². The smallest absolute Gasteiger partial charge is 0.130 e. The average molecular weight is 308 g/mol. The van der Waals surface area contributed by atoms with Crippen molar-refractivity contribution in [2.75, 3.05) is 48.0 Å². The van der Waals surface area contributed by atoms with Gasteiger partial charge >= 0.3 is 0 Å². The summed E-state index contributed by atoms with van der Waals surface area (Å²) in [7, 11) is 7.19. The Hall–Kier alpha value is -1.46. The van der Waals surface area contributed by atoms with Gasteiger partial charge in [-0.05, 0) is 45.4 Å². The van der Waals surface area contributed by atoms with E-state index in [0.717, 1.165) is 41.8 Å². The van der Waals surface area contributed by atoms with Gasteiger partial charge in [0.05, 0.1) is 26.9 Å². The maximum Gasteiger partial charge on any atom is 0.130 e. The Labute approximate surface area is 133 Å². The van der Waals surface area contributed by atoms with Gasteiger partial charge in [-0.25, -0.2) is 0 Å². The van der Waals surface area contributed by atoms with Gasteiger partial charge in [-0.15, -0.1) is 0 Å². The highest BCUT2D eigenvalue weighted by molar-refractivity contribution is 5.50. The van der Waals surface area contributed by atoms with Crippen LogP contribution in [0.1, 0.15) is 18.4 Å². The second-order valence-corrected chi connectivity index (χ2v) is 5.89. The highest BCUT2D eigenvalue weighted by Crippen LogP contribution is 2.33. The van der Waals surface area contributed by atoms with Crippen LogP contribution in [-0.2, 0) is 6.54 Å². The van der Waals surface area contributed by atoms with E-state index < -0.39 is 0 Å². The van der Waals surface area contributed by atoms with E-state index in [-0.39, 0.29) is 0 Å². The summed E-state index contributed by atoms with van der Waals surface area (Å²) in [5.41, 5.74) is 1.04. The first kappa shape index (κ1) is 16.9. The van der Waals surface area contributed by atoms with Gasteiger partial charge in [-0.2, -0.15) is 0 Å². The lowest BCUT2D eigenvalue weighted by Gasteiger charge is -2.29. The molecule has 0 aliphatic carbocycles. The molecule has 1 fully saturated rings. The molecule has 0 bridgehead atoms. The highest BCUT2D eigenvalue weighted by atomic mass is 16.5. The zero-order valence-electron chi connectivity index (χ0n) is 14.1. The van der Waals surface area contributed by atoms with Crippen LogP contribution in [0.3, 0.4) is 0 Å². The van der Waals surface area contributed by atoms with Crippen molar-refractivity contribution in [1.29, 1.82) is 0 Å². The van der Waals surface area contributed by atoms with Crippen LogP contribution in [-0.4, -0.2) is 52.9 Å². The van der Waals surface area contributed by atoms with Crippen molar-refractivity contribution in [1.82, 2.24) is 10.2 Å². The fraction of sp³-hybridized carbons (Fsp3) is 0.647. The second-order valence-electron chi connectivity index (χ2n) is 5.89. The minimum absolute atomic E-state index is 0.739. The average Bonchev–Trinajstić information content (AvgIpc) is 2.56. The number of nitrogens with zero attached hydrogens (tertiary/aromatic N) is 1. The summed E-state index contributed by atoms with van der Waals surface area (Å²) in [5.74, 6) is 3.10. The number of nitrogens with one attached hydrogen (secondary N) is 1. The predicted octanol–water partition coefficient (Wildman–Crippen LogP) is 2.14. The van der Waals surface area contributed by atoms with Crippen molar-refractivity contribution in [2.45, 2.75) is 19.4 Å². The van der Waals surface area contributed by atoms with Gasteiger partial charge in [0.2, 0.25) is 0 Å². The van der Waals surface area contributed by atoms with E-state index in [1.807, 2.05) is 12.1 Å². The van der Waals surface area contributed by atoms with E-state index in [1.54, 1.807) is 21.3 Å². The van der Waals surface area contributed by atoms with E-state index in [9.17, 15) is 0 Å². The van der Waals surface area contributed by atoms with Crippen molar-refractivity contribution in [3.05, 3.63) is 17.7 Å². The first-order valence-electron chi connectivity index (χ1n) is 7.86. The van der Waals surface area contributed by atoms with E-state index >= 15 is 0 Å². The van der Waals surface area contributed by atoms with Gasteiger partial charge in [0.15, 0.2) is 0 Å². The van der Waals surface area contributed by atoms with Gasteiger partial charge < -0.3 is 24.4 Å². The molecule has 0 amide bonds. The van der Waals surface area contributed by atoms with Gasteiger partial charge in [-0.3, -0.25) is 0 Å². The zero-order chi connectivity index (χ0) is 15.9. The number of hydrogen-bond acceptors (Lipinski definition) is 5. The van der Waals surface area contributed by atoms with E-state index in [2.05, 4.69) is 17.3 Å². The molecule has 5 heteroatoms. The SMILES string of the molecule is COc1cc(OC)c(CNCC2CCN(C)CC2)c(OC)c1. The molecule has 1 aromatic carbocycles. The summed E-state index contributed by atoms with van der Waals surface area (Å²) in [5, 5.41) is 3.55.